The summed E-state index contributed by atoms with van der Waals surface area (Å²) < 4.78 is 4.73. The summed E-state index contributed by atoms with van der Waals surface area (Å²) in [5.74, 6) is 0. The second-order valence-corrected chi connectivity index (χ2v) is 15.0. The number of benzene rings is 9. The maximum atomic E-state index is 4.87. The molecule has 0 aliphatic heterocycles. The van der Waals surface area contributed by atoms with E-state index in [0.29, 0.717) is 0 Å². The fourth-order valence-electron chi connectivity index (χ4n) is 9.15. The molecule has 0 N–H and O–H groups in total. The third-order valence-corrected chi connectivity index (χ3v) is 11.8. The van der Waals surface area contributed by atoms with Gasteiger partial charge in [-0.3, -0.25) is 0 Å². The molecular formula is C54H34N4. The van der Waals surface area contributed by atoms with Gasteiger partial charge >= 0.3 is 0 Å². The maximum absolute atomic E-state index is 4.87. The van der Waals surface area contributed by atoms with Crippen LogP contribution in [-0.4, -0.2) is 19.1 Å². The van der Waals surface area contributed by atoms with E-state index in [0.717, 1.165) is 49.9 Å². The molecule has 12 aromatic rings. The van der Waals surface area contributed by atoms with E-state index in [1.54, 1.807) is 6.33 Å². The van der Waals surface area contributed by atoms with Crippen LogP contribution in [0.3, 0.4) is 0 Å². The topological polar surface area (TPSA) is 35.6 Å². The Morgan fingerprint density at radius 1 is 0.293 bits per heavy atom. The van der Waals surface area contributed by atoms with Crippen LogP contribution < -0.4 is 0 Å². The Bertz CT molecular complexity index is 3520. The second-order valence-electron chi connectivity index (χ2n) is 15.0. The Labute approximate surface area is 334 Å². The molecule has 0 aliphatic rings. The van der Waals surface area contributed by atoms with Crippen molar-refractivity contribution < 1.29 is 0 Å². The minimum atomic E-state index is 0.929. The normalized spacial score (nSPS) is 11.8. The minimum Gasteiger partial charge on any atom is -0.309 e. The van der Waals surface area contributed by atoms with E-state index < -0.39 is 0 Å². The molecule has 12 rings (SSSR count). The van der Waals surface area contributed by atoms with Crippen LogP contribution in [0.15, 0.2) is 207 Å². The highest BCUT2D eigenvalue weighted by atomic mass is 15.0. The van der Waals surface area contributed by atoms with E-state index in [-0.39, 0.29) is 0 Å². The van der Waals surface area contributed by atoms with E-state index in [9.17, 15) is 0 Å². The molecule has 0 bridgehead atoms. The summed E-state index contributed by atoms with van der Waals surface area (Å²) in [5.41, 5.74) is 14.7. The molecule has 4 nitrogen and oxygen atoms in total. The average Bonchev–Trinajstić information content (AvgIpc) is 3.81. The maximum Gasteiger partial charge on any atom is 0.116 e. The summed E-state index contributed by atoms with van der Waals surface area (Å²) in [6.07, 6.45) is 1.71. The van der Waals surface area contributed by atoms with Gasteiger partial charge in [0.2, 0.25) is 0 Å². The monoisotopic (exact) mass is 738 g/mol. The second kappa shape index (κ2) is 12.9. The van der Waals surface area contributed by atoms with Gasteiger partial charge in [-0.25, -0.2) is 9.97 Å². The predicted molar refractivity (Wildman–Crippen MR) is 242 cm³/mol. The van der Waals surface area contributed by atoms with E-state index in [1.165, 1.54) is 60.3 Å². The fraction of sp³-hybridized carbons (Fsp3) is 0. The van der Waals surface area contributed by atoms with Crippen LogP contribution in [0.5, 0.6) is 0 Å². The van der Waals surface area contributed by atoms with Crippen LogP contribution in [-0.2, 0) is 0 Å². The van der Waals surface area contributed by atoms with E-state index in [2.05, 4.69) is 209 Å². The molecule has 3 heterocycles. The van der Waals surface area contributed by atoms with Crippen LogP contribution in [0.1, 0.15) is 0 Å². The lowest BCUT2D eigenvalue weighted by molar-refractivity contribution is 1.18. The lowest BCUT2D eigenvalue weighted by Crippen LogP contribution is -1.94. The molecule has 3 aromatic heterocycles. The molecule has 0 aliphatic carbocycles. The molecule has 0 saturated heterocycles. The zero-order chi connectivity index (χ0) is 38.2. The predicted octanol–water partition coefficient (Wildman–Crippen LogP) is 14.0. The number of nitrogens with zero attached hydrogens (tertiary/aromatic N) is 4. The van der Waals surface area contributed by atoms with Gasteiger partial charge < -0.3 is 9.13 Å². The molecule has 270 valence electrons. The van der Waals surface area contributed by atoms with Crippen molar-refractivity contribution in [3.05, 3.63) is 207 Å². The van der Waals surface area contributed by atoms with Crippen LogP contribution in [0.4, 0.5) is 0 Å². The van der Waals surface area contributed by atoms with E-state index in [1.807, 2.05) is 0 Å². The van der Waals surface area contributed by atoms with Gasteiger partial charge in [-0.2, -0.15) is 0 Å². The third-order valence-electron chi connectivity index (χ3n) is 11.8. The molecule has 9 aromatic carbocycles. The number of para-hydroxylation sites is 4. The smallest absolute Gasteiger partial charge is 0.116 e. The first-order valence-electron chi connectivity index (χ1n) is 19.7. The lowest BCUT2D eigenvalue weighted by atomic mass is 9.96. The first-order valence-corrected chi connectivity index (χ1v) is 19.7. The minimum absolute atomic E-state index is 0.929. The SMILES string of the molecule is c1ccc(-n2c3ccccc3c3cc(-c4cccc(-c5ncnc6c5ccc5cc(-c7cccc(-n8c9ccccc9c9ccccc98)c7)ccc56)c4)ccc32)cc1. The van der Waals surface area contributed by atoms with Gasteiger partial charge in [-0.05, 0) is 100 Å². The number of aromatic nitrogens is 4. The van der Waals surface area contributed by atoms with E-state index in [4.69, 9.17) is 9.97 Å². The zero-order valence-electron chi connectivity index (χ0n) is 31.4. The third kappa shape index (κ3) is 5.02. The molecule has 0 saturated carbocycles. The molecule has 0 spiro atoms. The highest BCUT2D eigenvalue weighted by Gasteiger charge is 2.16. The van der Waals surface area contributed by atoms with Gasteiger partial charge in [0.1, 0.15) is 6.33 Å². The Morgan fingerprint density at radius 2 is 0.828 bits per heavy atom. The van der Waals surface area contributed by atoms with Crippen molar-refractivity contribution in [3.63, 3.8) is 0 Å². The standard InChI is InChI=1S/C54H34N4/c1-2-15-41(16-3-1)57-51-23-9-6-20-46(51)48-33-38(26-29-52(48)57)35-12-10-14-40(31-35)53-47-28-25-39-30-37(24-27-43(39)54(47)56-34-55-53)36-13-11-17-42(32-36)58-49-21-7-4-18-44(49)45-19-5-8-22-50(45)58/h1-34H. The van der Waals surface area contributed by atoms with Crippen LogP contribution in [0, 0.1) is 0 Å². The average molecular weight is 739 g/mol. The van der Waals surface area contributed by atoms with Crippen LogP contribution >= 0.6 is 0 Å². The molecule has 0 atom stereocenters. The van der Waals surface area contributed by atoms with Gasteiger partial charge in [0, 0.05) is 49.3 Å². The number of hydrogen-bond donors (Lipinski definition) is 0. The van der Waals surface area contributed by atoms with Crippen molar-refractivity contribution in [1.82, 2.24) is 19.1 Å². The Kier molecular flexibility index (Phi) is 7.20. The lowest BCUT2D eigenvalue weighted by Gasteiger charge is -2.12. The van der Waals surface area contributed by atoms with Crippen molar-refractivity contribution in [1.29, 1.82) is 0 Å². The number of hydrogen-bond acceptors (Lipinski definition) is 2. The van der Waals surface area contributed by atoms with Crippen LogP contribution in [0.2, 0.25) is 0 Å². The van der Waals surface area contributed by atoms with Gasteiger partial charge in [0.25, 0.3) is 0 Å². The zero-order valence-corrected chi connectivity index (χ0v) is 31.4. The van der Waals surface area contributed by atoms with Crippen molar-refractivity contribution in [3.8, 4) is 44.9 Å². The van der Waals surface area contributed by atoms with Gasteiger partial charge in [0.05, 0.1) is 33.3 Å². The van der Waals surface area contributed by atoms with Crippen molar-refractivity contribution in [2.75, 3.05) is 0 Å². The van der Waals surface area contributed by atoms with Crippen LogP contribution in [0.25, 0.3) is 110 Å². The fourth-order valence-corrected chi connectivity index (χ4v) is 9.15. The largest absolute Gasteiger partial charge is 0.309 e. The quantitative estimate of drug-likeness (QED) is 0.165. The highest BCUT2D eigenvalue weighted by Crippen LogP contribution is 2.38. The summed E-state index contributed by atoms with van der Waals surface area (Å²) in [4.78, 5) is 9.73. The molecule has 0 fully saturated rings. The molecule has 0 unspecified atom stereocenters. The molecular weight excluding hydrogens is 705 g/mol. The first kappa shape index (κ1) is 32.4. The summed E-state index contributed by atoms with van der Waals surface area (Å²) in [6, 6.07) is 72.1. The highest BCUT2D eigenvalue weighted by molar-refractivity contribution is 6.12. The van der Waals surface area contributed by atoms with Crippen molar-refractivity contribution in [2.45, 2.75) is 0 Å². The molecule has 4 heteroatoms. The Balaban J connectivity index is 0.922. The number of fused-ring (bicyclic) bond motifs is 9. The molecule has 0 amide bonds. The van der Waals surface area contributed by atoms with Crippen molar-refractivity contribution in [2.24, 2.45) is 0 Å². The van der Waals surface area contributed by atoms with Crippen molar-refractivity contribution >= 4 is 65.3 Å². The first-order chi connectivity index (χ1) is 28.8. The Morgan fingerprint density at radius 3 is 1.59 bits per heavy atom. The van der Waals surface area contributed by atoms with Gasteiger partial charge in [-0.15, -0.1) is 0 Å². The van der Waals surface area contributed by atoms with Gasteiger partial charge in [-0.1, -0.05) is 127 Å². The summed E-state index contributed by atoms with van der Waals surface area (Å²) in [7, 11) is 0. The summed E-state index contributed by atoms with van der Waals surface area (Å²) >= 11 is 0. The summed E-state index contributed by atoms with van der Waals surface area (Å²) in [6.45, 7) is 0. The summed E-state index contributed by atoms with van der Waals surface area (Å²) in [5, 5.41) is 8.30. The molecule has 0 radical (unpaired) electrons. The van der Waals surface area contributed by atoms with Gasteiger partial charge in [0.15, 0.2) is 0 Å². The number of rotatable bonds is 5. The van der Waals surface area contributed by atoms with E-state index >= 15 is 0 Å². The molecule has 58 heavy (non-hydrogen) atoms. The Hall–Kier alpha value is -7.82.